The number of carbonyl (C=O) groups excluding carboxylic acids is 1. The third kappa shape index (κ3) is 4.34. The summed E-state index contributed by atoms with van der Waals surface area (Å²) < 4.78 is 0. The van der Waals surface area contributed by atoms with Gasteiger partial charge in [-0.05, 0) is 36.1 Å². The first-order valence-electron chi connectivity index (χ1n) is 8.03. The van der Waals surface area contributed by atoms with E-state index in [1.165, 1.54) is 30.6 Å². The van der Waals surface area contributed by atoms with Crippen molar-refractivity contribution < 1.29 is 4.79 Å². The zero-order valence-electron chi connectivity index (χ0n) is 12.7. The van der Waals surface area contributed by atoms with E-state index < -0.39 is 0 Å². The maximum atomic E-state index is 12.3. The predicted octanol–water partition coefficient (Wildman–Crippen LogP) is 4.92. The van der Waals surface area contributed by atoms with E-state index in [1.54, 1.807) is 11.3 Å². The summed E-state index contributed by atoms with van der Waals surface area (Å²) in [4.78, 5) is 13.6. The Morgan fingerprint density at radius 1 is 1.45 bits per heavy atom. The fraction of sp³-hybridized carbons (Fsp3) is 0.706. The van der Waals surface area contributed by atoms with Crippen molar-refractivity contribution in [3.63, 3.8) is 0 Å². The molecule has 2 unspecified atom stereocenters. The summed E-state index contributed by atoms with van der Waals surface area (Å²) in [7, 11) is 0. The van der Waals surface area contributed by atoms with Crippen LogP contribution >= 0.6 is 11.3 Å². The molecule has 3 heteroatoms. The first-order chi connectivity index (χ1) is 9.70. The van der Waals surface area contributed by atoms with E-state index in [-0.39, 0.29) is 11.9 Å². The van der Waals surface area contributed by atoms with Gasteiger partial charge in [-0.3, -0.25) is 4.79 Å². The van der Waals surface area contributed by atoms with Crippen LogP contribution in [0.5, 0.6) is 0 Å². The number of thiophene rings is 1. The van der Waals surface area contributed by atoms with Crippen LogP contribution in [0.4, 0.5) is 0 Å². The summed E-state index contributed by atoms with van der Waals surface area (Å²) in [5, 5.41) is 5.44. The minimum atomic E-state index is 0.233. The van der Waals surface area contributed by atoms with Crippen molar-refractivity contribution in [1.29, 1.82) is 0 Å². The Hall–Kier alpha value is -0.830. The van der Waals surface area contributed by atoms with Gasteiger partial charge in [0.2, 0.25) is 5.91 Å². The number of nitrogens with one attached hydrogen (secondary N) is 1. The van der Waals surface area contributed by atoms with Gasteiger partial charge < -0.3 is 5.32 Å². The summed E-state index contributed by atoms with van der Waals surface area (Å²) in [6, 6.07) is 4.51. The smallest absolute Gasteiger partial charge is 0.220 e. The lowest BCUT2D eigenvalue weighted by Gasteiger charge is -2.24. The maximum absolute atomic E-state index is 12.3. The molecule has 0 spiro atoms. The molecule has 1 amide bonds. The second-order valence-electron chi connectivity index (χ2n) is 6.20. The Labute approximate surface area is 127 Å². The molecule has 1 aromatic rings. The minimum absolute atomic E-state index is 0.233. The second-order valence-corrected chi connectivity index (χ2v) is 7.18. The van der Waals surface area contributed by atoms with Crippen molar-refractivity contribution in [3.8, 4) is 0 Å². The van der Waals surface area contributed by atoms with Crippen LogP contribution in [-0.2, 0) is 4.79 Å². The molecule has 1 fully saturated rings. The molecule has 20 heavy (non-hydrogen) atoms. The normalized spacial score (nSPS) is 18.9. The largest absolute Gasteiger partial charge is 0.348 e. The molecule has 2 atom stereocenters. The van der Waals surface area contributed by atoms with Crippen LogP contribution in [-0.4, -0.2) is 5.91 Å². The Bertz CT molecular complexity index is 395. The highest BCUT2D eigenvalue weighted by molar-refractivity contribution is 7.10. The molecule has 1 aromatic heterocycles. The van der Waals surface area contributed by atoms with Crippen molar-refractivity contribution >= 4 is 17.2 Å². The van der Waals surface area contributed by atoms with Crippen LogP contribution in [0.3, 0.4) is 0 Å². The van der Waals surface area contributed by atoms with Gasteiger partial charge in [-0.1, -0.05) is 45.6 Å². The highest BCUT2D eigenvalue weighted by Gasteiger charge is 2.28. The lowest BCUT2D eigenvalue weighted by molar-refractivity contribution is -0.123. The minimum Gasteiger partial charge on any atom is -0.348 e. The third-order valence-electron chi connectivity index (χ3n) is 4.35. The van der Waals surface area contributed by atoms with E-state index >= 15 is 0 Å². The summed E-state index contributed by atoms with van der Waals surface area (Å²) >= 11 is 1.77. The number of rotatable bonds is 7. The van der Waals surface area contributed by atoms with Gasteiger partial charge >= 0.3 is 0 Å². The molecular weight excluding hydrogens is 266 g/mol. The summed E-state index contributed by atoms with van der Waals surface area (Å²) in [5.74, 6) is 1.36. The predicted molar refractivity (Wildman–Crippen MR) is 85.8 cm³/mol. The van der Waals surface area contributed by atoms with E-state index in [0.29, 0.717) is 18.3 Å². The molecule has 1 aliphatic rings. The molecule has 1 saturated carbocycles. The Kier molecular flexibility index (Phi) is 6.08. The van der Waals surface area contributed by atoms with Crippen LogP contribution in [0.25, 0.3) is 0 Å². The van der Waals surface area contributed by atoms with Crippen molar-refractivity contribution in [3.05, 3.63) is 22.4 Å². The van der Waals surface area contributed by atoms with Crippen LogP contribution < -0.4 is 5.32 Å². The first kappa shape index (κ1) is 15.6. The highest BCUT2D eigenvalue weighted by atomic mass is 32.1. The quantitative estimate of drug-likeness (QED) is 0.759. The van der Waals surface area contributed by atoms with Crippen molar-refractivity contribution in [2.75, 3.05) is 0 Å². The van der Waals surface area contributed by atoms with Crippen LogP contribution in [0.15, 0.2) is 17.5 Å². The Morgan fingerprint density at radius 2 is 2.20 bits per heavy atom. The summed E-state index contributed by atoms with van der Waals surface area (Å²) in [5.41, 5.74) is 0. The van der Waals surface area contributed by atoms with Crippen LogP contribution in [0.2, 0.25) is 0 Å². The maximum Gasteiger partial charge on any atom is 0.220 e. The molecule has 0 bridgehead atoms. The van der Waals surface area contributed by atoms with E-state index in [2.05, 4.69) is 36.7 Å². The lowest BCUT2D eigenvalue weighted by Crippen LogP contribution is -2.33. The van der Waals surface area contributed by atoms with Gasteiger partial charge in [0.25, 0.3) is 0 Å². The fourth-order valence-electron chi connectivity index (χ4n) is 3.32. The van der Waals surface area contributed by atoms with Crippen molar-refractivity contribution in [1.82, 2.24) is 5.32 Å². The Balaban J connectivity index is 1.95. The van der Waals surface area contributed by atoms with E-state index in [4.69, 9.17) is 0 Å². The number of hydrogen-bond acceptors (Lipinski definition) is 2. The second kappa shape index (κ2) is 7.82. The van der Waals surface area contributed by atoms with Crippen molar-refractivity contribution in [2.24, 2.45) is 11.8 Å². The molecular formula is C17H27NOS. The first-order valence-corrected chi connectivity index (χ1v) is 8.91. The van der Waals surface area contributed by atoms with Gasteiger partial charge in [0, 0.05) is 11.3 Å². The zero-order chi connectivity index (χ0) is 14.4. The molecule has 0 radical (unpaired) electrons. The van der Waals surface area contributed by atoms with Gasteiger partial charge in [-0.15, -0.1) is 11.3 Å². The average molecular weight is 293 g/mol. The SMILES string of the molecule is CCCC(C)CC(=O)NC(c1cccs1)C1CCCC1. The molecule has 1 aliphatic carbocycles. The molecule has 0 aromatic carbocycles. The van der Waals surface area contributed by atoms with E-state index in [9.17, 15) is 4.79 Å². The molecule has 2 rings (SSSR count). The molecule has 2 nitrogen and oxygen atoms in total. The average Bonchev–Trinajstić information content (AvgIpc) is 3.10. The van der Waals surface area contributed by atoms with Gasteiger partial charge in [0.05, 0.1) is 6.04 Å². The number of carbonyl (C=O) groups is 1. The van der Waals surface area contributed by atoms with E-state index in [0.717, 1.165) is 12.8 Å². The Morgan fingerprint density at radius 3 is 2.80 bits per heavy atom. The topological polar surface area (TPSA) is 29.1 Å². The van der Waals surface area contributed by atoms with Gasteiger partial charge in [-0.2, -0.15) is 0 Å². The molecule has 1 heterocycles. The highest BCUT2D eigenvalue weighted by Crippen LogP contribution is 2.37. The fourth-order valence-corrected chi connectivity index (χ4v) is 4.19. The van der Waals surface area contributed by atoms with Gasteiger partial charge in [0.15, 0.2) is 0 Å². The molecule has 112 valence electrons. The molecule has 1 N–H and O–H groups in total. The number of hydrogen-bond donors (Lipinski definition) is 1. The molecule has 0 aliphatic heterocycles. The van der Waals surface area contributed by atoms with Gasteiger partial charge in [0.1, 0.15) is 0 Å². The third-order valence-corrected chi connectivity index (χ3v) is 5.31. The van der Waals surface area contributed by atoms with E-state index in [1.807, 2.05) is 0 Å². The monoisotopic (exact) mass is 293 g/mol. The van der Waals surface area contributed by atoms with Crippen molar-refractivity contribution in [2.45, 2.75) is 64.8 Å². The zero-order valence-corrected chi connectivity index (χ0v) is 13.5. The molecule has 0 saturated heterocycles. The van der Waals surface area contributed by atoms with Gasteiger partial charge in [-0.25, -0.2) is 0 Å². The standard InChI is InChI=1S/C17H27NOS/c1-3-7-13(2)12-16(19)18-17(14-8-4-5-9-14)15-10-6-11-20-15/h6,10-11,13-14,17H,3-5,7-9,12H2,1-2H3,(H,18,19). The summed E-state index contributed by atoms with van der Waals surface area (Å²) in [6.07, 6.45) is 8.11. The summed E-state index contributed by atoms with van der Waals surface area (Å²) in [6.45, 7) is 4.36. The van der Waals surface area contributed by atoms with Crippen LogP contribution in [0.1, 0.15) is 69.7 Å². The van der Waals surface area contributed by atoms with Crippen LogP contribution in [0, 0.1) is 11.8 Å². The lowest BCUT2D eigenvalue weighted by atomic mass is 9.95. The number of amides is 1.